The molecule has 0 unspecified atom stereocenters. The van der Waals surface area contributed by atoms with Crippen molar-refractivity contribution < 1.29 is 4.92 Å². The number of nitrogens with one attached hydrogen (secondary N) is 1. The lowest BCUT2D eigenvalue weighted by molar-refractivity contribution is -0.384. The third kappa shape index (κ3) is 2.85. The van der Waals surface area contributed by atoms with E-state index in [-0.39, 0.29) is 11.0 Å². The Kier molecular flexibility index (Phi) is 3.91. The van der Waals surface area contributed by atoms with Crippen molar-refractivity contribution in [3.05, 3.63) is 49.6 Å². The van der Waals surface area contributed by atoms with Crippen LogP contribution < -0.4 is 5.32 Å². The second-order valence-corrected chi connectivity index (χ2v) is 6.73. The molecule has 0 saturated heterocycles. The first-order valence-electron chi connectivity index (χ1n) is 6.82. The van der Waals surface area contributed by atoms with Crippen LogP contribution in [-0.4, -0.2) is 14.9 Å². The van der Waals surface area contributed by atoms with Gasteiger partial charge in [-0.1, -0.05) is 6.07 Å². The Morgan fingerprint density at radius 1 is 1.26 bits per heavy atom. The number of anilines is 2. The number of halogens is 1. The summed E-state index contributed by atoms with van der Waals surface area (Å²) >= 11 is 7.56. The number of benzene rings is 1. The van der Waals surface area contributed by atoms with Crippen LogP contribution in [0.4, 0.5) is 17.2 Å². The minimum absolute atomic E-state index is 0.0210. The highest BCUT2D eigenvalue weighted by Crippen LogP contribution is 2.36. The molecule has 0 aliphatic heterocycles. The number of hydrogen-bond acceptors (Lipinski definition) is 6. The van der Waals surface area contributed by atoms with Gasteiger partial charge in [-0.3, -0.25) is 10.1 Å². The first kappa shape index (κ1) is 15.6. The van der Waals surface area contributed by atoms with E-state index in [2.05, 4.69) is 15.3 Å². The summed E-state index contributed by atoms with van der Waals surface area (Å²) in [6.45, 7) is 5.88. The maximum atomic E-state index is 11.0. The minimum Gasteiger partial charge on any atom is -0.339 e. The van der Waals surface area contributed by atoms with Crippen LogP contribution in [0, 0.1) is 30.9 Å². The highest BCUT2D eigenvalue weighted by Gasteiger charge is 2.16. The molecule has 3 rings (SSSR count). The fourth-order valence-electron chi connectivity index (χ4n) is 2.30. The molecular weight excluding hydrogens is 336 g/mol. The SMILES string of the molecule is Cc1ccc([N+](=O)[O-])cc1Nc1nc(Cl)nc2sc(C)c(C)c12. The van der Waals surface area contributed by atoms with Gasteiger partial charge in [0.25, 0.3) is 5.69 Å². The topological polar surface area (TPSA) is 81.0 Å². The molecule has 0 aliphatic carbocycles. The van der Waals surface area contributed by atoms with Crippen LogP contribution in [0.3, 0.4) is 0 Å². The van der Waals surface area contributed by atoms with E-state index in [1.54, 1.807) is 17.4 Å². The summed E-state index contributed by atoms with van der Waals surface area (Å²) in [5.41, 5.74) is 2.60. The Bertz CT molecular complexity index is 939. The second-order valence-electron chi connectivity index (χ2n) is 5.19. The number of nitro benzene ring substituents is 1. The maximum Gasteiger partial charge on any atom is 0.271 e. The minimum atomic E-state index is -0.423. The molecule has 0 amide bonds. The highest BCUT2D eigenvalue weighted by atomic mass is 35.5. The van der Waals surface area contributed by atoms with Crippen LogP contribution >= 0.6 is 22.9 Å². The van der Waals surface area contributed by atoms with Crippen LogP contribution in [0.15, 0.2) is 18.2 Å². The predicted molar refractivity (Wildman–Crippen MR) is 93.0 cm³/mol. The first-order valence-corrected chi connectivity index (χ1v) is 8.01. The molecule has 0 radical (unpaired) electrons. The van der Waals surface area contributed by atoms with Crippen molar-refractivity contribution in [2.24, 2.45) is 0 Å². The molecule has 8 heteroatoms. The van der Waals surface area contributed by atoms with E-state index in [4.69, 9.17) is 11.6 Å². The molecule has 2 aromatic heterocycles. The zero-order chi connectivity index (χ0) is 16.7. The Morgan fingerprint density at radius 2 is 2.00 bits per heavy atom. The molecule has 1 N–H and O–H groups in total. The van der Waals surface area contributed by atoms with Gasteiger partial charge in [0.15, 0.2) is 0 Å². The number of nitro groups is 1. The van der Waals surface area contributed by atoms with Gasteiger partial charge < -0.3 is 5.32 Å². The van der Waals surface area contributed by atoms with E-state index in [1.807, 2.05) is 20.8 Å². The molecule has 2 heterocycles. The van der Waals surface area contributed by atoms with Gasteiger partial charge in [-0.05, 0) is 43.5 Å². The van der Waals surface area contributed by atoms with E-state index in [0.29, 0.717) is 11.5 Å². The van der Waals surface area contributed by atoms with Gasteiger partial charge >= 0.3 is 0 Å². The Balaban J connectivity index is 2.15. The van der Waals surface area contributed by atoms with E-state index >= 15 is 0 Å². The molecule has 0 atom stereocenters. The fraction of sp³-hybridized carbons (Fsp3) is 0.200. The third-order valence-electron chi connectivity index (χ3n) is 3.69. The summed E-state index contributed by atoms with van der Waals surface area (Å²) in [6.07, 6.45) is 0. The van der Waals surface area contributed by atoms with Crippen molar-refractivity contribution in [3.8, 4) is 0 Å². The molecule has 118 valence electrons. The highest BCUT2D eigenvalue weighted by molar-refractivity contribution is 7.18. The predicted octanol–water partition coefficient (Wildman–Crippen LogP) is 4.92. The number of aryl methyl sites for hydroxylation is 3. The number of thiophene rings is 1. The molecule has 0 spiro atoms. The van der Waals surface area contributed by atoms with Gasteiger partial charge in [0, 0.05) is 22.7 Å². The average Bonchev–Trinajstić information content (AvgIpc) is 2.75. The van der Waals surface area contributed by atoms with Gasteiger partial charge in [-0.2, -0.15) is 4.98 Å². The number of non-ortho nitro benzene ring substituents is 1. The zero-order valence-electron chi connectivity index (χ0n) is 12.7. The summed E-state index contributed by atoms with van der Waals surface area (Å²) in [6, 6.07) is 4.67. The summed E-state index contributed by atoms with van der Waals surface area (Å²) in [5, 5.41) is 15.2. The fourth-order valence-corrected chi connectivity index (χ4v) is 3.55. The maximum absolute atomic E-state index is 11.0. The number of fused-ring (bicyclic) bond motifs is 1. The number of aromatic nitrogens is 2. The Morgan fingerprint density at radius 3 is 2.70 bits per heavy atom. The molecule has 0 fully saturated rings. The number of hydrogen-bond donors (Lipinski definition) is 1. The monoisotopic (exact) mass is 348 g/mol. The van der Waals surface area contributed by atoms with Crippen molar-refractivity contribution in [2.75, 3.05) is 5.32 Å². The van der Waals surface area contributed by atoms with Crippen molar-refractivity contribution in [1.29, 1.82) is 0 Å². The summed E-state index contributed by atoms with van der Waals surface area (Å²) in [7, 11) is 0. The largest absolute Gasteiger partial charge is 0.339 e. The van der Waals surface area contributed by atoms with Crippen molar-refractivity contribution in [1.82, 2.24) is 9.97 Å². The van der Waals surface area contributed by atoms with Gasteiger partial charge in [0.2, 0.25) is 5.28 Å². The second kappa shape index (κ2) is 5.75. The smallest absolute Gasteiger partial charge is 0.271 e. The lowest BCUT2D eigenvalue weighted by Crippen LogP contribution is -1.99. The van der Waals surface area contributed by atoms with Crippen molar-refractivity contribution in [3.63, 3.8) is 0 Å². The van der Waals surface area contributed by atoms with E-state index in [9.17, 15) is 10.1 Å². The summed E-state index contributed by atoms with van der Waals surface area (Å²) in [5.74, 6) is 0.561. The van der Waals surface area contributed by atoms with Crippen LogP contribution in [0.25, 0.3) is 10.2 Å². The van der Waals surface area contributed by atoms with Crippen LogP contribution in [-0.2, 0) is 0 Å². The lowest BCUT2D eigenvalue weighted by atomic mass is 10.1. The van der Waals surface area contributed by atoms with E-state index < -0.39 is 4.92 Å². The molecular formula is C15H13ClN4O2S. The molecule has 3 aromatic rings. The summed E-state index contributed by atoms with van der Waals surface area (Å²) < 4.78 is 0. The van der Waals surface area contributed by atoms with E-state index in [0.717, 1.165) is 26.2 Å². The molecule has 1 aromatic carbocycles. The molecule has 0 bridgehead atoms. The third-order valence-corrected chi connectivity index (χ3v) is 4.96. The van der Waals surface area contributed by atoms with Crippen LogP contribution in [0.1, 0.15) is 16.0 Å². The van der Waals surface area contributed by atoms with Crippen molar-refractivity contribution in [2.45, 2.75) is 20.8 Å². The number of rotatable bonds is 3. The standard InChI is InChI=1S/C15H13ClN4O2S/c1-7-4-5-10(20(21)22)6-11(7)17-13-12-8(2)9(3)23-14(12)19-15(16)18-13/h4-6H,1-3H3,(H,17,18,19). The quantitative estimate of drug-likeness (QED) is 0.412. The molecule has 0 saturated carbocycles. The Labute approximate surface area is 141 Å². The lowest BCUT2D eigenvalue weighted by Gasteiger charge is -2.10. The summed E-state index contributed by atoms with van der Waals surface area (Å²) in [4.78, 5) is 21.0. The van der Waals surface area contributed by atoms with Crippen LogP contribution in [0.2, 0.25) is 5.28 Å². The van der Waals surface area contributed by atoms with Crippen molar-refractivity contribution >= 4 is 50.3 Å². The normalized spacial score (nSPS) is 11.0. The average molecular weight is 349 g/mol. The van der Waals surface area contributed by atoms with Gasteiger partial charge in [0.05, 0.1) is 10.3 Å². The van der Waals surface area contributed by atoms with Gasteiger partial charge in [-0.15, -0.1) is 11.3 Å². The van der Waals surface area contributed by atoms with E-state index in [1.165, 1.54) is 12.1 Å². The Hall–Kier alpha value is -2.25. The molecule has 0 aliphatic rings. The first-order chi connectivity index (χ1) is 10.9. The molecule has 23 heavy (non-hydrogen) atoms. The van der Waals surface area contributed by atoms with Gasteiger partial charge in [0.1, 0.15) is 10.6 Å². The van der Waals surface area contributed by atoms with Gasteiger partial charge in [-0.25, -0.2) is 4.98 Å². The van der Waals surface area contributed by atoms with Crippen LogP contribution in [0.5, 0.6) is 0 Å². The number of nitrogens with zero attached hydrogens (tertiary/aromatic N) is 3. The molecule has 6 nitrogen and oxygen atoms in total. The zero-order valence-corrected chi connectivity index (χ0v) is 14.2.